The van der Waals surface area contributed by atoms with E-state index in [4.69, 9.17) is 42.6 Å². The molecule has 2 atom stereocenters. The molecule has 0 amide bonds. The zero-order chi connectivity index (χ0) is 34.7. The Balaban J connectivity index is 0.000000184. The van der Waals surface area contributed by atoms with Gasteiger partial charge in [-0.25, -0.2) is 9.97 Å². The lowest BCUT2D eigenvalue weighted by molar-refractivity contribution is 0.0902. The number of nitrogens with one attached hydrogen (secondary N) is 2. The van der Waals surface area contributed by atoms with Crippen LogP contribution in [0, 0.1) is 0 Å². The van der Waals surface area contributed by atoms with Crippen molar-refractivity contribution >= 4 is 62.4 Å². The molecule has 5 aliphatic heterocycles. The topological polar surface area (TPSA) is 152 Å². The molecule has 2 aromatic heterocycles. The predicted octanol–water partition coefficient (Wildman–Crippen LogP) is 4.30. The summed E-state index contributed by atoms with van der Waals surface area (Å²) in [5, 5.41) is 18.1. The Labute approximate surface area is 307 Å². The smallest absolute Gasteiger partial charge is 0.227 e. The summed E-state index contributed by atoms with van der Waals surface area (Å²) in [6.45, 7) is 4.58. The standard InChI is InChI=1S/C23H29ClN4O3S.C11H14ClN3O2S/c24-17-3-1-16(2-4-17)23(15-29)8-10-28(11-9-23)22-26-19-7-14-32(30)20(19)21(27-22)25-18-5-12-31-13-6-18;12-11-14-8-3-6-18(16)9(8)10(15-11)13-7-1-4-17-5-2-7/h1-4,18,29H,5-15H2,(H,25,26,27);7H,1-6H2,(H,13,14,15). The first kappa shape index (κ1) is 35.9. The van der Waals surface area contributed by atoms with Crippen LogP contribution in [0.4, 0.5) is 17.6 Å². The number of ether oxygens (including phenoxy) is 2. The maximum atomic E-state index is 12.6. The number of aliphatic hydroxyl groups excluding tert-OH is 1. The van der Waals surface area contributed by atoms with E-state index in [1.165, 1.54) is 0 Å². The van der Waals surface area contributed by atoms with E-state index in [2.05, 4.69) is 25.5 Å². The van der Waals surface area contributed by atoms with Gasteiger partial charge in [0.05, 0.1) is 39.6 Å². The van der Waals surface area contributed by atoms with Crippen LogP contribution in [0.3, 0.4) is 0 Å². The summed E-state index contributed by atoms with van der Waals surface area (Å²) in [5.74, 6) is 3.30. The van der Waals surface area contributed by atoms with Crippen LogP contribution < -0.4 is 15.5 Å². The van der Waals surface area contributed by atoms with Crippen LogP contribution in [-0.4, -0.2) is 103 Å². The minimum Gasteiger partial charge on any atom is -0.395 e. The van der Waals surface area contributed by atoms with Gasteiger partial charge in [-0.3, -0.25) is 8.42 Å². The molecular formula is C34H43Cl2N7O5S2. The quantitative estimate of drug-likeness (QED) is 0.295. The lowest BCUT2D eigenvalue weighted by Crippen LogP contribution is -2.45. The van der Waals surface area contributed by atoms with Gasteiger partial charge in [0.1, 0.15) is 21.4 Å². The molecule has 0 spiro atoms. The normalized spacial score (nSPS) is 23.5. The van der Waals surface area contributed by atoms with Crippen LogP contribution in [0.15, 0.2) is 34.1 Å². The zero-order valence-corrected chi connectivity index (χ0v) is 31.0. The fraction of sp³-hybridized carbons (Fsp3) is 0.588. The number of anilines is 3. The van der Waals surface area contributed by atoms with Crippen molar-refractivity contribution in [3.05, 3.63) is 51.5 Å². The second-order valence-electron chi connectivity index (χ2n) is 13.4. The van der Waals surface area contributed by atoms with Crippen LogP contribution in [0.5, 0.6) is 0 Å². The van der Waals surface area contributed by atoms with E-state index in [0.717, 1.165) is 117 Å². The lowest BCUT2D eigenvalue weighted by Gasteiger charge is -2.41. The highest BCUT2D eigenvalue weighted by molar-refractivity contribution is 7.85. The largest absolute Gasteiger partial charge is 0.395 e. The van der Waals surface area contributed by atoms with E-state index in [9.17, 15) is 13.5 Å². The average molecular weight is 765 g/mol. The predicted molar refractivity (Wildman–Crippen MR) is 196 cm³/mol. The number of halogens is 2. The van der Waals surface area contributed by atoms with Gasteiger partial charge in [0.2, 0.25) is 11.2 Å². The van der Waals surface area contributed by atoms with Gasteiger partial charge < -0.3 is 30.1 Å². The molecular weight excluding hydrogens is 721 g/mol. The number of aryl methyl sites for hydroxylation is 2. The third-order valence-corrected chi connectivity index (χ3v) is 13.6. The van der Waals surface area contributed by atoms with Crippen LogP contribution in [0.25, 0.3) is 0 Å². The number of nitrogens with zero attached hydrogens (tertiary/aromatic N) is 5. The molecule has 50 heavy (non-hydrogen) atoms. The molecule has 12 nitrogen and oxygen atoms in total. The van der Waals surface area contributed by atoms with Gasteiger partial charge in [-0.05, 0) is 67.8 Å². The van der Waals surface area contributed by atoms with Crippen molar-refractivity contribution in [1.82, 2.24) is 19.9 Å². The van der Waals surface area contributed by atoms with Gasteiger partial charge >= 0.3 is 0 Å². The molecule has 3 saturated heterocycles. The number of benzene rings is 1. The maximum Gasteiger partial charge on any atom is 0.227 e. The first-order valence-corrected chi connectivity index (χ1v) is 20.8. The molecule has 270 valence electrons. The van der Waals surface area contributed by atoms with Crippen molar-refractivity contribution in [1.29, 1.82) is 0 Å². The van der Waals surface area contributed by atoms with Gasteiger partial charge in [-0.2, -0.15) is 9.97 Å². The molecule has 0 radical (unpaired) electrons. The minimum absolute atomic E-state index is 0.100. The highest BCUT2D eigenvalue weighted by Gasteiger charge is 2.37. The Morgan fingerprint density at radius 1 is 0.780 bits per heavy atom. The van der Waals surface area contributed by atoms with E-state index < -0.39 is 21.6 Å². The van der Waals surface area contributed by atoms with Crippen molar-refractivity contribution in [3.63, 3.8) is 0 Å². The molecule has 2 unspecified atom stereocenters. The van der Waals surface area contributed by atoms with Crippen molar-refractivity contribution in [3.8, 4) is 0 Å². The lowest BCUT2D eigenvalue weighted by atomic mass is 9.73. The zero-order valence-electron chi connectivity index (χ0n) is 27.9. The summed E-state index contributed by atoms with van der Waals surface area (Å²) in [7, 11) is -2.05. The van der Waals surface area contributed by atoms with Gasteiger partial charge in [0, 0.05) is 86.4 Å². The first-order valence-electron chi connectivity index (χ1n) is 17.4. The van der Waals surface area contributed by atoms with Crippen LogP contribution >= 0.6 is 23.2 Å². The van der Waals surface area contributed by atoms with Gasteiger partial charge in [0.25, 0.3) is 0 Å². The van der Waals surface area contributed by atoms with E-state index >= 15 is 0 Å². The Kier molecular flexibility index (Phi) is 11.5. The number of aliphatic hydroxyl groups is 1. The molecule has 0 aliphatic carbocycles. The summed E-state index contributed by atoms with van der Waals surface area (Å²) in [4.78, 5) is 21.7. The van der Waals surface area contributed by atoms with Gasteiger partial charge in [-0.1, -0.05) is 23.7 Å². The summed E-state index contributed by atoms with van der Waals surface area (Å²) < 4.78 is 35.4. The molecule has 16 heteroatoms. The van der Waals surface area contributed by atoms with Crippen LogP contribution in [0.2, 0.25) is 10.3 Å². The highest BCUT2D eigenvalue weighted by Crippen LogP contribution is 2.38. The third kappa shape index (κ3) is 7.96. The van der Waals surface area contributed by atoms with Crippen molar-refractivity contribution in [2.24, 2.45) is 0 Å². The summed E-state index contributed by atoms with van der Waals surface area (Å²) in [6.07, 6.45) is 6.76. The molecule has 3 N–H and O–H groups in total. The van der Waals surface area contributed by atoms with Gasteiger partial charge in [-0.15, -0.1) is 0 Å². The number of rotatable bonds is 7. The number of piperidine rings is 1. The molecule has 3 aromatic rings. The first-order chi connectivity index (χ1) is 24.3. The Bertz CT molecular complexity index is 1720. The molecule has 0 saturated carbocycles. The fourth-order valence-corrected chi connectivity index (χ4v) is 10.2. The summed E-state index contributed by atoms with van der Waals surface area (Å²) in [5.41, 5.74) is 2.57. The number of hydrogen-bond donors (Lipinski definition) is 3. The van der Waals surface area contributed by atoms with Crippen molar-refractivity contribution in [2.45, 2.75) is 78.7 Å². The minimum atomic E-state index is -1.05. The molecule has 0 bridgehead atoms. The highest BCUT2D eigenvalue weighted by atomic mass is 35.5. The van der Waals surface area contributed by atoms with E-state index in [0.29, 0.717) is 40.8 Å². The third-order valence-electron chi connectivity index (χ3n) is 10.2. The van der Waals surface area contributed by atoms with Crippen molar-refractivity contribution < 1.29 is 23.0 Å². The summed E-state index contributed by atoms with van der Waals surface area (Å²) >= 11 is 12.0. The maximum absolute atomic E-state index is 12.6. The van der Waals surface area contributed by atoms with E-state index in [1.807, 2.05) is 24.3 Å². The molecule has 7 heterocycles. The summed E-state index contributed by atoms with van der Waals surface area (Å²) in [6, 6.07) is 8.40. The molecule has 5 aliphatic rings. The molecule has 3 fully saturated rings. The van der Waals surface area contributed by atoms with E-state index in [1.54, 1.807) is 0 Å². The Hall–Kier alpha value is -2.46. The van der Waals surface area contributed by atoms with Crippen LogP contribution in [-0.2, 0) is 49.3 Å². The van der Waals surface area contributed by atoms with Crippen LogP contribution in [0.1, 0.15) is 55.5 Å². The molecule has 8 rings (SSSR count). The fourth-order valence-electron chi connectivity index (χ4n) is 7.23. The second-order valence-corrected chi connectivity index (χ2v) is 17.1. The van der Waals surface area contributed by atoms with Gasteiger partial charge in [0.15, 0.2) is 0 Å². The number of hydrogen-bond acceptors (Lipinski definition) is 12. The molecule has 1 aromatic carbocycles. The average Bonchev–Trinajstić information content (AvgIpc) is 3.71. The number of aromatic nitrogens is 4. The Morgan fingerprint density at radius 2 is 1.30 bits per heavy atom. The monoisotopic (exact) mass is 763 g/mol. The Morgan fingerprint density at radius 3 is 1.84 bits per heavy atom. The second kappa shape index (κ2) is 16.1. The number of fused-ring (bicyclic) bond motifs is 2. The van der Waals surface area contributed by atoms with Crippen molar-refractivity contribution in [2.75, 3.05) is 73.2 Å². The van der Waals surface area contributed by atoms with E-state index in [-0.39, 0.29) is 23.3 Å². The SMILES string of the molecule is O=S1CCc2nc(Cl)nc(NC3CCOCC3)c21.O=S1CCc2nc(N3CCC(CO)(c4ccc(Cl)cc4)CC3)nc(NC3CCOCC3)c21.